The molecule has 0 spiro atoms. The highest BCUT2D eigenvalue weighted by molar-refractivity contribution is 7.91. The molecule has 10 heteroatoms. The van der Waals surface area contributed by atoms with E-state index in [1.54, 1.807) is 6.07 Å². The predicted molar refractivity (Wildman–Crippen MR) is 102 cm³/mol. The number of carbonyl (C=O) groups is 2. The van der Waals surface area contributed by atoms with Gasteiger partial charge in [-0.15, -0.1) is 0 Å². The zero-order valence-corrected chi connectivity index (χ0v) is 16.6. The van der Waals surface area contributed by atoms with Crippen LogP contribution in [0.3, 0.4) is 0 Å². The molecular formula is C19H21FN2O6S. The first-order valence-corrected chi connectivity index (χ1v) is 10.8. The molecule has 0 saturated carbocycles. The Bertz CT molecular complexity index is 972. The lowest BCUT2D eigenvalue weighted by Gasteiger charge is -2.29. The average molecular weight is 424 g/mol. The lowest BCUT2D eigenvalue weighted by Crippen LogP contribution is -2.51. The molecule has 1 aliphatic heterocycles. The number of benzene rings is 1. The first-order valence-electron chi connectivity index (χ1n) is 9.01. The number of rotatable bonds is 6. The van der Waals surface area contributed by atoms with Gasteiger partial charge in [0.15, 0.2) is 15.6 Å². The number of hydrogen-bond donors (Lipinski definition) is 1. The second-order valence-electron chi connectivity index (χ2n) is 6.68. The summed E-state index contributed by atoms with van der Waals surface area (Å²) in [6, 6.07) is 7.70. The largest absolute Gasteiger partial charge is 0.486 e. The molecular weight excluding hydrogens is 403 g/mol. The number of amides is 2. The van der Waals surface area contributed by atoms with Crippen LogP contribution in [0.1, 0.15) is 23.2 Å². The summed E-state index contributed by atoms with van der Waals surface area (Å²) in [6.07, 6.45) is 0. The molecule has 1 aromatic carbocycles. The van der Waals surface area contributed by atoms with Gasteiger partial charge in [0.25, 0.3) is 5.91 Å². The maximum absolute atomic E-state index is 12.9. The molecule has 1 atom stereocenters. The van der Waals surface area contributed by atoms with Crippen molar-refractivity contribution in [3.05, 3.63) is 53.7 Å². The quantitative estimate of drug-likeness (QED) is 0.751. The van der Waals surface area contributed by atoms with Gasteiger partial charge in [0, 0.05) is 13.1 Å². The summed E-state index contributed by atoms with van der Waals surface area (Å²) < 4.78 is 46.7. The van der Waals surface area contributed by atoms with Crippen molar-refractivity contribution < 1.29 is 31.6 Å². The standard InChI is InChI=1S/C19H21FN2O6S/c1-13(19(24)22-8-10-29(25,26)11-9-22)21-18(23)17-7-6-16(28-17)12-27-15-4-2-14(20)3-5-15/h2-7,13H,8-12H2,1H3,(H,21,23). The van der Waals surface area contributed by atoms with Crippen LogP contribution in [0, 0.1) is 5.82 Å². The molecule has 156 valence electrons. The van der Waals surface area contributed by atoms with E-state index in [-0.39, 0.29) is 48.7 Å². The number of nitrogens with zero attached hydrogens (tertiary/aromatic N) is 1. The molecule has 0 bridgehead atoms. The maximum atomic E-state index is 12.9. The molecule has 1 unspecified atom stereocenters. The van der Waals surface area contributed by atoms with Crippen LogP contribution in [0.15, 0.2) is 40.8 Å². The molecule has 29 heavy (non-hydrogen) atoms. The van der Waals surface area contributed by atoms with Gasteiger partial charge >= 0.3 is 0 Å². The first kappa shape index (κ1) is 20.8. The lowest BCUT2D eigenvalue weighted by molar-refractivity contribution is -0.132. The third kappa shape index (κ3) is 5.57. The highest BCUT2D eigenvalue weighted by Crippen LogP contribution is 2.15. The van der Waals surface area contributed by atoms with Gasteiger partial charge in [0.05, 0.1) is 11.5 Å². The topological polar surface area (TPSA) is 106 Å². The van der Waals surface area contributed by atoms with Gasteiger partial charge < -0.3 is 19.4 Å². The minimum absolute atomic E-state index is 0.0172. The summed E-state index contributed by atoms with van der Waals surface area (Å²) >= 11 is 0. The Kier molecular flexibility index (Phi) is 6.21. The summed E-state index contributed by atoms with van der Waals surface area (Å²) in [5.41, 5.74) is 0. The van der Waals surface area contributed by atoms with E-state index in [4.69, 9.17) is 9.15 Å². The van der Waals surface area contributed by atoms with Crippen LogP contribution in [0.5, 0.6) is 5.75 Å². The smallest absolute Gasteiger partial charge is 0.287 e. The molecule has 1 aromatic heterocycles. The fourth-order valence-corrected chi connectivity index (χ4v) is 4.00. The van der Waals surface area contributed by atoms with Crippen molar-refractivity contribution >= 4 is 21.7 Å². The van der Waals surface area contributed by atoms with Crippen LogP contribution < -0.4 is 10.1 Å². The van der Waals surface area contributed by atoms with E-state index in [0.29, 0.717) is 11.5 Å². The molecule has 8 nitrogen and oxygen atoms in total. The number of halogens is 1. The Morgan fingerprint density at radius 1 is 1.17 bits per heavy atom. The molecule has 1 fully saturated rings. The Balaban J connectivity index is 1.51. The fourth-order valence-electron chi connectivity index (χ4n) is 2.80. The number of nitrogens with one attached hydrogen (secondary N) is 1. The van der Waals surface area contributed by atoms with Crippen LogP contribution >= 0.6 is 0 Å². The fraction of sp³-hybridized carbons (Fsp3) is 0.368. The normalized spacial score (nSPS) is 16.8. The molecule has 0 aliphatic carbocycles. The average Bonchev–Trinajstić information content (AvgIpc) is 3.16. The maximum Gasteiger partial charge on any atom is 0.287 e. The van der Waals surface area contributed by atoms with Crippen LogP contribution in [-0.4, -0.2) is 55.8 Å². The number of hydrogen-bond acceptors (Lipinski definition) is 6. The summed E-state index contributed by atoms with van der Waals surface area (Å²) in [5, 5.41) is 2.55. The van der Waals surface area contributed by atoms with Crippen molar-refractivity contribution in [1.82, 2.24) is 10.2 Å². The van der Waals surface area contributed by atoms with E-state index in [1.807, 2.05) is 0 Å². The first-order chi connectivity index (χ1) is 13.7. The van der Waals surface area contributed by atoms with Crippen LogP contribution in [0.4, 0.5) is 4.39 Å². The minimum Gasteiger partial charge on any atom is -0.486 e. The highest BCUT2D eigenvalue weighted by Gasteiger charge is 2.29. The van der Waals surface area contributed by atoms with E-state index in [9.17, 15) is 22.4 Å². The second kappa shape index (κ2) is 8.64. The zero-order chi connectivity index (χ0) is 21.0. The predicted octanol–water partition coefficient (Wildman–Crippen LogP) is 1.37. The SMILES string of the molecule is CC(NC(=O)c1ccc(COc2ccc(F)cc2)o1)C(=O)N1CCS(=O)(=O)CC1. The van der Waals surface area contributed by atoms with Gasteiger partial charge in [-0.25, -0.2) is 12.8 Å². The number of carbonyl (C=O) groups excluding carboxylic acids is 2. The third-order valence-electron chi connectivity index (χ3n) is 4.45. The van der Waals surface area contributed by atoms with E-state index >= 15 is 0 Å². The molecule has 0 radical (unpaired) electrons. The van der Waals surface area contributed by atoms with Crippen LogP contribution in [0.2, 0.25) is 0 Å². The summed E-state index contributed by atoms with van der Waals surface area (Å²) in [4.78, 5) is 26.1. The highest BCUT2D eigenvalue weighted by atomic mass is 32.2. The van der Waals surface area contributed by atoms with E-state index in [2.05, 4.69) is 5.32 Å². The van der Waals surface area contributed by atoms with Gasteiger partial charge in [-0.05, 0) is 43.3 Å². The summed E-state index contributed by atoms with van der Waals surface area (Å²) in [5.74, 6) is -0.573. The summed E-state index contributed by atoms with van der Waals surface area (Å²) in [7, 11) is -3.09. The molecule has 2 amide bonds. The Morgan fingerprint density at radius 2 is 1.83 bits per heavy atom. The summed E-state index contributed by atoms with van der Waals surface area (Å²) in [6.45, 7) is 1.82. The minimum atomic E-state index is -3.09. The molecule has 1 saturated heterocycles. The van der Waals surface area contributed by atoms with Gasteiger partial charge in [-0.1, -0.05) is 0 Å². The Hall–Kier alpha value is -2.88. The van der Waals surface area contributed by atoms with Crippen LogP contribution in [0.25, 0.3) is 0 Å². The monoisotopic (exact) mass is 424 g/mol. The molecule has 2 aromatic rings. The van der Waals surface area contributed by atoms with E-state index < -0.39 is 21.8 Å². The van der Waals surface area contributed by atoms with Crippen molar-refractivity contribution in [1.29, 1.82) is 0 Å². The van der Waals surface area contributed by atoms with Crippen molar-refractivity contribution in [3.63, 3.8) is 0 Å². The van der Waals surface area contributed by atoms with Crippen molar-refractivity contribution in [3.8, 4) is 5.75 Å². The number of ether oxygens (including phenoxy) is 1. The van der Waals surface area contributed by atoms with Gasteiger partial charge in [-0.2, -0.15) is 0 Å². The van der Waals surface area contributed by atoms with E-state index in [1.165, 1.54) is 42.2 Å². The second-order valence-corrected chi connectivity index (χ2v) is 8.98. The Labute approximate surface area is 167 Å². The van der Waals surface area contributed by atoms with Gasteiger partial charge in [0.1, 0.15) is 30.0 Å². The van der Waals surface area contributed by atoms with Gasteiger partial charge in [0.2, 0.25) is 5.91 Å². The Morgan fingerprint density at radius 3 is 2.48 bits per heavy atom. The van der Waals surface area contributed by atoms with Crippen molar-refractivity contribution in [2.45, 2.75) is 19.6 Å². The van der Waals surface area contributed by atoms with Crippen molar-refractivity contribution in [2.24, 2.45) is 0 Å². The zero-order valence-electron chi connectivity index (χ0n) is 15.8. The number of furan rings is 1. The molecule has 2 heterocycles. The molecule has 1 N–H and O–H groups in total. The third-order valence-corrected chi connectivity index (χ3v) is 6.06. The molecule has 1 aliphatic rings. The van der Waals surface area contributed by atoms with Crippen molar-refractivity contribution in [2.75, 3.05) is 24.6 Å². The number of sulfone groups is 1. The van der Waals surface area contributed by atoms with Gasteiger partial charge in [-0.3, -0.25) is 9.59 Å². The lowest BCUT2D eigenvalue weighted by atomic mass is 10.2. The molecule has 3 rings (SSSR count). The van der Waals surface area contributed by atoms with E-state index in [0.717, 1.165) is 0 Å². The van der Waals surface area contributed by atoms with Crippen LogP contribution in [-0.2, 0) is 21.2 Å².